The highest BCUT2D eigenvalue weighted by Gasteiger charge is 2.26. The first-order chi connectivity index (χ1) is 13.9. The van der Waals surface area contributed by atoms with Crippen molar-refractivity contribution >= 4 is 27.3 Å². The van der Waals surface area contributed by atoms with Crippen molar-refractivity contribution in [3.8, 4) is 0 Å². The molecular weight excluding hydrogens is 390 g/mol. The minimum absolute atomic E-state index is 0.161. The topological polar surface area (TPSA) is 87.7 Å². The fraction of sp³-hybridized carbons (Fsp3) is 0.381. The smallest absolute Gasteiger partial charge is 0.246 e. The highest BCUT2D eigenvalue weighted by molar-refractivity contribution is 7.89. The van der Waals surface area contributed by atoms with Crippen LogP contribution in [0.25, 0.3) is 0 Å². The molecule has 0 unspecified atom stereocenters. The molecule has 1 heterocycles. The SMILES string of the molecule is CCc1ccccc1N[C@H](C)C(=O)Nc1cccc(S(=O)(=O)N2CCOCC2)c1. The Morgan fingerprint density at radius 2 is 1.86 bits per heavy atom. The van der Waals surface area contributed by atoms with Crippen LogP contribution in [0.4, 0.5) is 11.4 Å². The van der Waals surface area contributed by atoms with Crippen molar-refractivity contribution in [2.75, 3.05) is 36.9 Å². The van der Waals surface area contributed by atoms with Gasteiger partial charge in [0, 0.05) is 24.5 Å². The molecule has 0 saturated carbocycles. The predicted molar refractivity (Wildman–Crippen MR) is 114 cm³/mol. The third-order valence-electron chi connectivity index (χ3n) is 4.87. The number of nitrogens with one attached hydrogen (secondary N) is 2. The molecule has 0 aromatic heterocycles. The number of rotatable bonds is 7. The Balaban J connectivity index is 1.70. The molecule has 0 radical (unpaired) electrons. The van der Waals surface area contributed by atoms with Gasteiger partial charge in [-0.05, 0) is 43.2 Å². The van der Waals surface area contributed by atoms with E-state index in [1.165, 1.54) is 10.4 Å². The summed E-state index contributed by atoms with van der Waals surface area (Å²) in [5.41, 5.74) is 2.49. The van der Waals surface area contributed by atoms with E-state index in [4.69, 9.17) is 4.74 Å². The minimum Gasteiger partial charge on any atom is -0.379 e. The molecule has 3 rings (SSSR count). The van der Waals surface area contributed by atoms with Gasteiger partial charge in [0.15, 0.2) is 0 Å². The van der Waals surface area contributed by atoms with Crippen molar-refractivity contribution in [2.24, 2.45) is 0 Å². The van der Waals surface area contributed by atoms with E-state index in [2.05, 4.69) is 17.6 Å². The van der Waals surface area contributed by atoms with E-state index in [9.17, 15) is 13.2 Å². The monoisotopic (exact) mass is 417 g/mol. The Kier molecular flexibility index (Phi) is 6.89. The normalized spacial score (nSPS) is 16.2. The average Bonchev–Trinajstić information content (AvgIpc) is 2.75. The molecule has 1 amide bonds. The number of para-hydroxylation sites is 1. The molecule has 2 aromatic rings. The molecule has 156 valence electrons. The van der Waals surface area contributed by atoms with Gasteiger partial charge < -0.3 is 15.4 Å². The molecule has 1 aliphatic rings. The second-order valence-electron chi connectivity index (χ2n) is 6.91. The second-order valence-corrected chi connectivity index (χ2v) is 8.85. The van der Waals surface area contributed by atoms with Crippen LogP contribution in [0.15, 0.2) is 53.4 Å². The number of benzene rings is 2. The number of carbonyl (C=O) groups is 1. The highest BCUT2D eigenvalue weighted by atomic mass is 32.2. The highest BCUT2D eigenvalue weighted by Crippen LogP contribution is 2.21. The molecule has 2 aromatic carbocycles. The summed E-state index contributed by atoms with van der Waals surface area (Å²) in [7, 11) is -3.61. The molecule has 1 saturated heterocycles. The maximum absolute atomic E-state index is 12.8. The number of amides is 1. The molecule has 0 bridgehead atoms. The van der Waals surface area contributed by atoms with Crippen molar-refractivity contribution < 1.29 is 17.9 Å². The van der Waals surface area contributed by atoms with E-state index < -0.39 is 16.1 Å². The third kappa shape index (κ3) is 5.14. The van der Waals surface area contributed by atoms with Crippen LogP contribution in [0.2, 0.25) is 0 Å². The Bertz CT molecular complexity index is 956. The largest absolute Gasteiger partial charge is 0.379 e. The number of hydrogen-bond donors (Lipinski definition) is 2. The van der Waals surface area contributed by atoms with Crippen LogP contribution < -0.4 is 10.6 Å². The minimum atomic E-state index is -3.61. The van der Waals surface area contributed by atoms with Crippen LogP contribution in [-0.4, -0.2) is 51.0 Å². The second kappa shape index (κ2) is 9.39. The lowest BCUT2D eigenvalue weighted by molar-refractivity contribution is -0.116. The quantitative estimate of drug-likeness (QED) is 0.723. The number of aryl methyl sites for hydroxylation is 1. The van der Waals surface area contributed by atoms with Gasteiger partial charge in [-0.15, -0.1) is 0 Å². The predicted octanol–water partition coefficient (Wildman–Crippen LogP) is 2.71. The summed E-state index contributed by atoms with van der Waals surface area (Å²) in [6.07, 6.45) is 0.860. The zero-order valence-electron chi connectivity index (χ0n) is 16.7. The fourth-order valence-corrected chi connectivity index (χ4v) is 4.64. The fourth-order valence-electron chi connectivity index (χ4n) is 3.19. The van der Waals surface area contributed by atoms with E-state index in [1.54, 1.807) is 25.1 Å². The number of nitrogens with zero attached hydrogens (tertiary/aromatic N) is 1. The molecule has 0 aliphatic carbocycles. The number of ether oxygens (including phenoxy) is 1. The van der Waals surface area contributed by atoms with Crippen molar-refractivity contribution in [1.29, 1.82) is 0 Å². The van der Waals surface area contributed by atoms with E-state index in [1.807, 2.05) is 24.3 Å². The molecule has 0 spiro atoms. The Morgan fingerprint density at radius 3 is 2.59 bits per heavy atom. The van der Waals surface area contributed by atoms with Crippen LogP contribution >= 0.6 is 0 Å². The van der Waals surface area contributed by atoms with Gasteiger partial charge in [0.2, 0.25) is 15.9 Å². The summed E-state index contributed by atoms with van der Waals surface area (Å²) < 4.78 is 32.3. The number of sulfonamides is 1. The molecule has 1 aliphatic heterocycles. The van der Waals surface area contributed by atoms with E-state index in [-0.39, 0.29) is 10.8 Å². The Hall–Kier alpha value is -2.42. The Labute approximate surface area is 172 Å². The number of carbonyl (C=O) groups excluding carboxylic acids is 1. The first-order valence-corrected chi connectivity index (χ1v) is 11.2. The van der Waals surface area contributed by atoms with Gasteiger partial charge in [0.05, 0.1) is 18.1 Å². The van der Waals surface area contributed by atoms with Gasteiger partial charge in [0.25, 0.3) is 0 Å². The summed E-state index contributed by atoms with van der Waals surface area (Å²) in [6.45, 7) is 5.27. The zero-order valence-corrected chi connectivity index (χ0v) is 17.5. The van der Waals surface area contributed by atoms with Crippen LogP contribution in [0.5, 0.6) is 0 Å². The summed E-state index contributed by atoms with van der Waals surface area (Å²) in [5, 5.41) is 6.03. The summed E-state index contributed by atoms with van der Waals surface area (Å²) in [5.74, 6) is -0.239. The van der Waals surface area contributed by atoms with E-state index >= 15 is 0 Å². The van der Waals surface area contributed by atoms with Crippen LogP contribution in [0.3, 0.4) is 0 Å². The summed E-state index contributed by atoms with van der Waals surface area (Å²) in [6, 6.07) is 13.7. The maximum Gasteiger partial charge on any atom is 0.246 e. The Morgan fingerprint density at radius 1 is 1.14 bits per heavy atom. The van der Waals surface area contributed by atoms with Gasteiger partial charge in [-0.2, -0.15) is 4.31 Å². The molecule has 8 heteroatoms. The van der Waals surface area contributed by atoms with Gasteiger partial charge in [-0.25, -0.2) is 8.42 Å². The molecule has 1 atom stereocenters. The van der Waals surface area contributed by atoms with Gasteiger partial charge in [0.1, 0.15) is 6.04 Å². The van der Waals surface area contributed by atoms with Crippen LogP contribution in [0.1, 0.15) is 19.4 Å². The zero-order chi connectivity index (χ0) is 20.9. The first-order valence-electron chi connectivity index (χ1n) is 9.75. The van der Waals surface area contributed by atoms with Crippen molar-refractivity contribution in [2.45, 2.75) is 31.2 Å². The van der Waals surface area contributed by atoms with Crippen molar-refractivity contribution in [3.05, 3.63) is 54.1 Å². The molecule has 7 nitrogen and oxygen atoms in total. The standard InChI is InChI=1S/C21H27N3O4S/c1-3-17-7-4-5-10-20(17)22-16(2)21(25)23-18-8-6-9-19(15-18)29(26,27)24-11-13-28-14-12-24/h4-10,15-16,22H,3,11-14H2,1-2H3,(H,23,25)/t16-/m1/s1. The van der Waals surface area contributed by atoms with Gasteiger partial charge in [-0.1, -0.05) is 31.2 Å². The third-order valence-corrected chi connectivity index (χ3v) is 6.77. The van der Waals surface area contributed by atoms with Crippen LogP contribution in [0, 0.1) is 0 Å². The maximum atomic E-state index is 12.8. The molecule has 2 N–H and O–H groups in total. The summed E-state index contributed by atoms with van der Waals surface area (Å²) in [4.78, 5) is 12.8. The van der Waals surface area contributed by atoms with E-state index in [0.717, 1.165) is 17.7 Å². The van der Waals surface area contributed by atoms with Crippen LogP contribution in [-0.2, 0) is 26.0 Å². The lowest BCUT2D eigenvalue weighted by atomic mass is 10.1. The number of hydrogen-bond acceptors (Lipinski definition) is 5. The van der Waals surface area contributed by atoms with Gasteiger partial charge in [-0.3, -0.25) is 4.79 Å². The molecule has 1 fully saturated rings. The number of anilines is 2. The van der Waals surface area contributed by atoms with Crippen molar-refractivity contribution in [1.82, 2.24) is 4.31 Å². The van der Waals surface area contributed by atoms with Gasteiger partial charge >= 0.3 is 0 Å². The number of morpholine rings is 1. The van der Waals surface area contributed by atoms with Crippen molar-refractivity contribution in [3.63, 3.8) is 0 Å². The molecular formula is C21H27N3O4S. The average molecular weight is 418 g/mol. The van der Waals surface area contributed by atoms with E-state index in [0.29, 0.717) is 32.0 Å². The first kappa shape index (κ1) is 21.3. The lowest BCUT2D eigenvalue weighted by Crippen LogP contribution is -2.40. The lowest BCUT2D eigenvalue weighted by Gasteiger charge is -2.26. The summed E-state index contributed by atoms with van der Waals surface area (Å²) >= 11 is 0. The molecule has 29 heavy (non-hydrogen) atoms.